The van der Waals surface area contributed by atoms with Gasteiger partial charge in [0.05, 0.1) is 99.1 Å². The Bertz CT molecular complexity index is 689. The Morgan fingerprint density at radius 1 is 0.524 bits per heavy atom. The summed E-state index contributed by atoms with van der Waals surface area (Å²) in [4.78, 5) is 11.6. The topological polar surface area (TPSA) is 112 Å². The van der Waals surface area contributed by atoms with Gasteiger partial charge in [0, 0.05) is 19.0 Å². The minimum absolute atomic E-state index is 0.242. The Hall–Kier alpha value is -1.54. The van der Waals surface area contributed by atoms with E-state index in [0.29, 0.717) is 106 Å². The van der Waals surface area contributed by atoms with Crippen molar-refractivity contribution >= 4 is 17.7 Å². The van der Waals surface area contributed by atoms with Gasteiger partial charge in [-0.1, -0.05) is 43.2 Å². The molecule has 0 fully saturated rings. The second-order valence-corrected chi connectivity index (χ2v) is 9.37. The van der Waals surface area contributed by atoms with Gasteiger partial charge in [0.25, 0.3) is 0 Å². The number of unbranched alkanes of at least 4 members (excludes halogenated alkanes) is 3. The number of ether oxygens (including phenoxy) is 9. The molecule has 0 aliphatic heterocycles. The molecule has 1 amide bonds. The Morgan fingerprint density at radius 2 is 0.929 bits per heavy atom. The zero-order chi connectivity index (χ0) is 30.0. The number of alkyl carbamates (subject to hydrolysis) is 1. The van der Waals surface area contributed by atoms with Crippen molar-refractivity contribution in [2.75, 3.05) is 118 Å². The van der Waals surface area contributed by atoms with E-state index in [1.165, 1.54) is 12.8 Å². The first-order valence-corrected chi connectivity index (χ1v) is 15.5. The summed E-state index contributed by atoms with van der Waals surface area (Å²) in [5.74, 6) is 0.741. The first-order chi connectivity index (χ1) is 20.8. The highest BCUT2D eigenvalue weighted by atomic mass is 35.5. The molecule has 0 saturated carbocycles. The van der Waals surface area contributed by atoms with E-state index in [-0.39, 0.29) is 6.61 Å². The number of rotatable bonds is 32. The average molecular weight is 622 g/mol. The van der Waals surface area contributed by atoms with Gasteiger partial charge >= 0.3 is 6.09 Å². The molecule has 1 N–H and O–H groups in total. The van der Waals surface area contributed by atoms with Crippen molar-refractivity contribution in [3.63, 3.8) is 0 Å². The molecule has 42 heavy (non-hydrogen) atoms. The summed E-state index contributed by atoms with van der Waals surface area (Å²) in [7, 11) is 0. The minimum atomic E-state index is -0.465. The fourth-order valence-electron chi connectivity index (χ4n) is 3.29. The van der Waals surface area contributed by atoms with Crippen LogP contribution in [0.1, 0.15) is 31.2 Å². The predicted octanol–water partition coefficient (Wildman–Crippen LogP) is 3.84. The maximum absolute atomic E-state index is 11.6. The van der Waals surface area contributed by atoms with Crippen LogP contribution in [0, 0.1) is 0 Å². The lowest BCUT2D eigenvalue weighted by molar-refractivity contribution is -0.0230. The van der Waals surface area contributed by atoms with E-state index in [0.717, 1.165) is 30.9 Å². The summed E-state index contributed by atoms with van der Waals surface area (Å²) < 4.78 is 48.8. The second kappa shape index (κ2) is 32.4. The van der Waals surface area contributed by atoms with Crippen LogP contribution in [-0.2, 0) is 49.2 Å². The zero-order valence-corrected chi connectivity index (χ0v) is 25.9. The Labute approximate surface area is 256 Å². The van der Waals surface area contributed by atoms with Crippen LogP contribution < -0.4 is 5.32 Å². The summed E-state index contributed by atoms with van der Waals surface area (Å²) in [6.07, 6.45) is 4.02. The molecule has 12 heteroatoms. The zero-order valence-electron chi connectivity index (χ0n) is 25.1. The third-order valence-electron chi connectivity index (χ3n) is 5.50. The first kappa shape index (κ1) is 38.5. The average Bonchev–Trinajstić information content (AvgIpc) is 3.01. The standard InChI is InChI=1S/C30H52ClNO10/c31-10-6-1-2-7-12-34-14-16-36-18-20-38-22-24-40-26-27-41-25-23-39-21-19-37-17-15-35-13-11-32-30(33)42-28-29-8-4-3-5-9-29/h3-5,8-9H,1-2,6-7,10-28H2,(H,32,33). The quantitative estimate of drug-likeness (QED) is 0.0940. The Kier molecular flexibility index (Phi) is 29.7. The van der Waals surface area contributed by atoms with Gasteiger partial charge in [-0.25, -0.2) is 4.79 Å². The number of carbonyl (C=O) groups is 1. The van der Waals surface area contributed by atoms with Crippen molar-refractivity contribution in [3.05, 3.63) is 35.9 Å². The molecule has 11 nitrogen and oxygen atoms in total. The molecule has 1 aromatic carbocycles. The molecular weight excluding hydrogens is 570 g/mol. The number of hydrogen-bond acceptors (Lipinski definition) is 10. The van der Waals surface area contributed by atoms with Crippen LogP contribution in [-0.4, -0.2) is 124 Å². The summed E-state index contributed by atoms with van der Waals surface area (Å²) in [6.45, 7) is 8.98. The van der Waals surface area contributed by atoms with Gasteiger partial charge in [-0.05, 0) is 18.4 Å². The van der Waals surface area contributed by atoms with E-state index in [1.54, 1.807) is 0 Å². The predicted molar refractivity (Wildman–Crippen MR) is 160 cm³/mol. The van der Waals surface area contributed by atoms with Gasteiger partial charge in [-0.2, -0.15) is 0 Å². The molecule has 0 bridgehead atoms. The monoisotopic (exact) mass is 621 g/mol. The van der Waals surface area contributed by atoms with Crippen molar-refractivity contribution in [2.24, 2.45) is 0 Å². The highest BCUT2D eigenvalue weighted by molar-refractivity contribution is 6.17. The van der Waals surface area contributed by atoms with Crippen molar-refractivity contribution in [1.82, 2.24) is 5.32 Å². The fourth-order valence-corrected chi connectivity index (χ4v) is 3.48. The number of halogens is 1. The van der Waals surface area contributed by atoms with E-state index in [4.69, 9.17) is 54.2 Å². The van der Waals surface area contributed by atoms with Crippen molar-refractivity contribution in [3.8, 4) is 0 Å². The lowest BCUT2D eigenvalue weighted by atomic mass is 10.2. The van der Waals surface area contributed by atoms with Crippen LogP contribution in [0.25, 0.3) is 0 Å². The molecular formula is C30H52ClNO10. The molecule has 0 aliphatic rings. The summed E-state index contributed by atoms with van der Waals surface area (Å²) in [5.41, 5.74) is 0.941. The Morgan fingerprint density at radius 3 is 1.38 bits per heavy atom. The molecule has 0 aromatic heterocycles. The summed E-state index contributed by atoms with van der Waals surface area (Å²) >= 11 is 5.65. The van der Waals surface area contributed by atoms with Crippen molar-refractivity contribution in [1.29, 1.82) is 0 Å². The number of amides is 1. The number of hydrogen-bond donors (Lipinski definition) is 1. The highest BCUT2D eigenvalue weighted by Gasteiger charge is 2.02. The normalized spacial score (nSPS) is 11.2. The van der Waals surface area contributed by atoms with Crippen LogP contribution in [0.4, 0.5) is 4.79 Å². The van der Waals surface area contributed by atoms with E-state index in [2.05, 4.69) is 5.32 Å². The van der Waals surface area contributed by atoms with Crippen molar-refractivity contribution < 1.29 is 47.4 Å². The Balaban J connectivity index is 1.65. The van der Waals surface area contributed by atoms with Crippen LogP contribution in [0.2, 0.25) is 0 Å². The van der Waals surface area contributed by atoms with Crippen LogP contribution in [0.5, 0.6) is 0 Å². The largest absolute Gasteiger partial charge is 0.445 e. The molecule has 0 unspecified atom stereocenters. The van der Waals surface area contributed by atoms with Gasteiger partial charge in [0.1, 0.15) is 6.61 Å². The maximum Gasteiger partial charge on any atom is 0.407 e. The maximum atomic E-state index is 11.6. The van der Waals surface area contributed by atoms with Crippen LogP contribution in [0.3, 0.4) is 0 Å². The fraction of sp³-hybridized carbons (Fsp3) is 0.767. The van der Waals surface area contributed by atoms with Gasteiger partial charge < -0.3 is 47.9 Å². The molecule has 0 spiro atoms. The molecule has 0 atom stereocenters. The van der Waals surface area contributed by atoms with Crippen LogP contribution in [0.15, 0.2) is 30.3 Å². The lowest BCUT2D eigenvalue weighted by Gasteiger charge is -2.09. The van der Waals surface area contributed by atoms with Crippen molar-refractivity contribution in [2.45, 2.75) is 32.3 Å². The molecule has 0 radical (unpaired) electrons. The van der Waals surface area contributed by atoms with Crippen LogP contribution >= 0.6 is 11.6 Å². The van der Waals surface area contributed by atoms with Gasteiger partial charge in [-0.3, -0.25) is 0 Å². The number of carbonyl (C=O) groups excluding carboxylic acids is 1. The number of nitrogens with one attached hydrogen (secondary N) is 1. The van der Waals surface area contributed by atoms with E-state index in [9.17, 15) is 4.79 Å². The SMILES string of the molecule is O=C(NCCOCCOCCOCCOCCOCCOCCOCCOCCCCCCCl)OCc1ccccc1. The summed E-state index contributed by atoms with van der Waals surface area (Å²) in [6, 6.07) is 9.52. The van der Waals surface area contributed by atoms with Gasteiger partial charge in [0.15, 0.2) is 0 Å². The molecule has 1 aromatic rings. The smallest absolute Gasteiger partial charge is 0.407 e. The van der Waals surface area contributed by atoms with Gasteiger partial charge in [-0.15, -0.1) is 11.6 Å². The molecule has 0 saturated heterocycles. The third-order valence-corrected chi connectivity index (χ3v) is 5.77. The highest BCUT2D eigenvalue weighted by Crippen LogP contribution is 2.01. The summed E-state index contributed by atoms with van der Waals surface area (Å²) in [5, 5.41) is 2.64. The molecule has 0 aliphatic carbocycles. The third kappa shape index (κ3) is 28.6. The van der Waals surface area contributed by atoms with Gasteiger partial charge in [0.2, 0.25) is 0 Å². The number of alkyl halides is 1. The number of benzene rings is 1. The van der Waals surface area contributed by atoms with E-state index < -0.39 is 6.09 Å². The van der Waals surface area contributed by atoms with E-state index in [1.807, 2.05) is 30.3 Å². The lowest BCUT2D eigenvalue weighted by Crippen LogP contribution is -2.28. The minimum Gasteiger partial charge on any atom is -0.445 e. The first-order valence-electron chi connectivity index (χ1n) is 15.0. The molecule has 1 rings (SSSR count). The van der Waals surface area contributed by atoms with E-state index >= 15 is 0 Å². The molecule has 244 valence electrons. The second-order valence-electron chi connectivity index (χ2n) is 8.99. The molecule has 0 heterocycles.